The molecule has 1 aromatic rings. The van der Waals surface area contributed by atoms with Gasteiger partial charge < -0.3 is 5.32 Å². The van der Waals surface area contributed by atoms with Crippen molar-refractivity contribution in [2.75, 3.05) is 0 Å². The van der Waals surface area contributed by atoms with Crippen LogP contribution in [0.25, 0.3) is 0 Å². The van der Waals surface area contributed by atoms with Crippen molar-refractivity contribution in [1.82, 2.24) is 5.32 Å². The second-order valence-electron chi connectivity index (χ2n) is 2.90. The molecule has 1 aromatic carbocycles. The Balaban J connectivity index is 2.68. The average Bonchev–Trinajstić information content (AvgIpc) is 2.26. The molecule has 0 bridgehead atoms. The Bertz CT molecular complexity index is 366. The fraction of sp³-hybridized carbons (Fsp3) is 0.273. The third-order valence-electron chi connectivity index (χ3n) is 1.93. The van der Waals surface area contributed by atoms with Gasteiger partial charge in [0.05, 0.1) is 11.6 Å². The number of hydrogen-bond acceptors (Lipinski definition) is 2. The van der Waals surface area contributed by atoms with Crippen molar-refractivity contribution >= 4 is 5.91 Å². The van der Waals surface area contributed by atoms with Crippen molar-refractivity contribution in [3.05, 3.63) is 35.4 Å². The minimum atomic E-state index is -0.00209. The monoisotopic (exact) mass is 188 g/mol. The highest BCUT2D eigenvalue weighted by molar-refractivity contribution is 5.75. The van der Waals surface area contributed by atoms with Crippen LogP contribution in [0.2, 0.25) is 0 Å². The van der Waals surface area contributed by atoms with Crippen LogP contribution >= 0.6 is 0 Å². The van der Waals surface area contributed by atoms with Crippen molar-refractivity contribution in [2.24, 2.45) is 0 Å². The first-order valence-electron chi connectivity index (χ1n) is 4.52. The Labute approximate surface area is 83.4 Å². The summed E-state index contributed by atoms with van der Waals surface area (Å²) in [4.78, 5) is 11.0. The molecule has 0 heterocycles. The van der Waals surface area contributed by atoms with Gasteiger partial charge in [-0.2, -0.15) is 5.26 Å². The zero-order valence-electron chi connectivity index (χ0n) is 8.08. The number of rotatable bonds is 3. The largest absolute Gasteiger partial charge is 0.352 e. The third kappa shape index (κ3) is 2.60. The van der Waals surface area contributed by atoms with Gasteiger partial charge in [-0.3, -0.25) is 4.79 Å². The van der Waals surface area contributed by atoms with Gasteiger partial charge in [0.1, 0.15) is 0 Å². The second-order valence-corrected chi connectivity index (χ2v) is 2.90. The zero-order valence-corrected chi connectivity index (χ0v) is 8.08. The SMILES string of the molecule is CCC(=O)NCc1ccccc1C#N. The summed E-state index contributed by atoms with van der Waals surface area (Å²) in [6, 6.07) is 9.34. The van der Waals surface area contributed by atoms with Crippen LogP contribution in [0.4, 0.5) is 0 Å². The summed E-state index contributed by atoms with van der Waals surface area (Å²) < 4.78 is 0. The molecule has 0 aliphatic carbocycles. The molecule has 0 fully saturated rings. The molecule has 0 atom stereocenters. The zero-order chi connectivity index (χ0) is 10.4. The van der Waals surface area contributed by atoms with E-state index in [1.165, 1.54) is 0 Å². The van der Waals surface area contributed by atoms with Crippen LogP contribution < -0.4 is 5.32 Å². The highest BCUT2D eigenvalue weighted by Gasteiger charge is 2.01. The Kier molecular flexibility index (Phi) is 3.69. The molecule has 72 valence electrons. The lowest BCUT2D eigenvalue weighted by molar-refractivity contribution is -0.120. The first-order valence-corrected chi connectivity index (χ1v) is 4.52. The van der Waals surface area contributed by atoms with Crippen molar-refractivity contribution in [3.63, 3.8) is 0 Å². The fourth-order valence-electron chi connectivity index (χ4n) is 1.10. The molecular formula is C11H12N2O. The van der Waals surface area contributed by atoms with Gasteiger partial charge in [0.15, 0.2) is 0 Å². The topological polar surface area (TPSA) is 52.9 Å². The first-order chi connectivity index (χ1) is 6.77. The molecule has 0 aromatic heterocycles. The van der Waals surface area contributed by atoms with Crippen LogP contribution in [-0.2, 0) is 11.3 Å². The van der Waals surface area contributed by atoms with Crippen molar-refractivity contribution in [2.45, 2.75) is 19.9 Å². The molecule has 1 N–H and O–H groups in total. The summed E-state index contributed by atoms with van der Waals surface area (Å²) in [7, 11) is 0. The molecule has 3 heteroatoms. The summed E-state index contributed by atoms with van der Waals surface area (Å²) in [6.45, 7) is 2.22. The molecule has 0 aliphatic heterocycles. The lowest BCUT2D eigenvalue weighted by Gasteiger charge is -2.04. The van der Waals surface area contributed by atoms with Crippen LogP contribution in [-0.4, -0.2) is 5.91 Å². The van der Waals surface area contributed by atoms with Gasteiger partial charge in [0.2, 0.25) is 5.91 Å². The number of carbonyl (C=O) groups excluding carboxylic acids is 1. The fourth-order valence-corrected chi connectivity index (χ4v) is 1.10. The summed E-state index contributed by atoms with van der Waals surface area (Å²) in [6.07, 6.45) is 0.467. The lowest BCUT2D eigenvalue weighted by Crippen LogP contribution is -2.21. The van der Waals surface area contributed by atoms with Crippen LogP contribution in [0.1, 0.15) is 24.5 Å². The van der Waals surface area contributed by atoms with Crippen molar-refractivity contribution in [3.8, 4) is 6.07 Å². The number of amides is 1. The summed E-state index contributed by atoms with van der Waals surface area (Å²) in [5, 5.41) is 11.5. The number of nitrogens with one attached hydrogen (secondary N) is 1. The lowest BCUT2D eigenvalue weighted by atomic mass is 10.1. The number of benzene rings is 1. The van der Waals surface area contributed by atoms with E-state index < -0.39 is 0 Å². The van der Waals surface area contributed by atoms with Crippen molar-refractivity contribution < 1.29 is 4.79 Å². The van der Waals surface area contributed by atoms with E-state index in [-0.39, 0.29) is 5.91 Å². The molecule has 3 nitrogen and oxygen atoms in total. The molecule has 14 heavy (non-hydrogen) atoms. The van der Waals surface area contributed by atoms with Crippen LogP contribution in [0.15, 0.2) is 24.3 Å². The molecule has 0 unspecified atom stereocenters. The van der Waals surface area contributed by atoms with Gasteiger partial charge >= 0.3 is 0 Å². The van der Waals surface area contributed by atoms with E-state index in [2.05, 4.69) is 11.4 Å². The highest BCUT2D eigenvalue weighted by atomic mass is 16.1. The molecule has 0 aliphatic rings. The predicted molar refractivity (Wildman–Crippen MR) is 53.3 cm³/mol. The second kappa shape index (κ2) is 5.03. The smallest absolute Gasteiger partial charge is 0.219 e. The first kappa shape index (κ1) is 10.3. The molecule has 1 rings (SSSR count). The van der Waals surface area contributed by atoms with Crippen LogP contribution in [0.3, 0.4) is 0 Å². The van der Waals surface area contributed by atoms with Crippen LogP contribution in [0.5, 0.6) is 0 Å². The van der Waals surface area contributed by atoms with Gasteiger partial charge in [0.25, 0.3) is 0 Å². The molecule has 0 spiro atoms. The van der Waals surface area contributed by atoms with E-state index in [9.17, 15) is 4.79 Å². The Morgan fingerprint density at radius 3 is 2.86 bits per heavy atom. The van der Waals surface area contributed by atoms with E-state index in [0.29, 0.717) is 18.5 Å². The van der Waals surface area contributed by atoms with Crippen LogP contribution in [0, 0.1) is 11.3 Å². The van der Waals surface area contributed by atoms with E-state index in [1.807, 2.05) is 18.2 Å². The summed E-state index contributed by atoms with van der Waals surface area (Å²) >= 11 is 0. The van der Waals surface area contributed by atoms with E-state index in [0.717, 1.165) is 5.56 Å². The van der Waals surface area contributed by atoms with E-state index in [4.69, 9.17) is 5.26 Å². The number of nitrogens with zero attached hydrogens (tertiary/aromatic N) is 1. The van der Waals surface area contributed by atoms with Gasteiger partial charge in [-0.05, 0) is 11.6 Å². The Hall–Kier alpha value is -1.82. The normalized spacial score (nSPS) is 9.14. The number of carbonyl (C=O) groups is 1. The highest BCUT2D eigenvalue weighted by Crippen LogP contribution is 2.06. The van der Waals surface area contributed by atoms with Gasteiger partial charge in [-0.15, -0.1) is 0 Å². The maximum atomic E-state index is 11.0. The minimum absolute atomic E-state index is 0.00209. The standard InChI is InChI=1S/C11H12N2O/c1-2-11(14)13-8-10-6-4-3-5-9(10)7-12/h3-6H,2,8H2,1H3,(H,13,14). The maximum Gasteiger partial charge on any atom is 0.219 e. The minimum Gasteiger partial charge on any atom is -0.352 e. The summed E-state index contributed by atoms with van der Waals surface area (Å²) in [5.74, 6) is -0.00209. The molecular weight excluding hydrogens is 176 g/mol. The van der Waals surface area contributed by atoms with E-state index >= 15 is 0 Å². The number of nitriles is 1. The predicted octanol–water partition coefficient (Wildman–Crippen LogP) is 1.58. The van der Waals surface area contributed by atoms with Gasteiger partial charge in [-0.1, -0.05) is 25.1 Å². The maximum absolute atomic E-state index is 11.0. The molecule has 0 radical (unpaired) electrons. The number of hydrogen-bond donors (Lipinski definition) is 1. The van der Waals surface area contributed by atoms with Gasteiger partial charge in [-0.25, -0.2) is 0 Å². The molecule has 0 saturated heterocycles. The Morgan fingerprint density at radius 2 is 2.21 bits per heavy atom. The van der Waals surface area contributed by atoms with E-state index in [1.54, 1.807) is 13.0 Å². The molecule has 1 amide bonds. The van der Waals surface area contributed by atoms with Gasteiger partial charge in [0, 0.05) is 13.0 Å². The quantitative estimate of drug-likeness (QED) is 0.783. The molecule has 0 saturated carbocycles. The van der Waals surface area contributed by atoms with Crippen molar-refractivity contribution in [1.29, 1.82) is 5.26 Å². The average molecular weight is 188 g/mol. The Morgan fingerprint density at radius 1 is 1.50 bits per heavy atom. The summed E-state index contributed by atoms with van der Waals surface area (Å²) in [5.41, 5.74) is 1.47. The third-order valence-corrected chi connectivity index (χ3v) is 1.93.